The number of methoxy groups -OCH3 is 1. The van der Waals surface area contributed by atoms with Gasteiger partial charge in [0.2, 0.25) is 5.91 Å². The zero-order valence-electron chi connectivity index (χ0n) is 17.3. The molecule has 0 aliphatic carbocycles. The average molecular weight is 420 g/mol. The van der Waals surface area contributed by atoms with Gasteiger partial charge in [-0.05, 0) is 23.8 Å². The minimum absolute atomic E-state index is 0.0670. The van der Waals surface area contributed by atoms with Gasteiger partial charge < -0.3 is 24.8 Å². The average Bonchev–Trinajstić information content (AvgIpc) is 3.26. The van der Waals surface area contributed by atoms with Crippen molar-refractivity contribution in [1.82, 2.24) is 25.2 Å². The molecule has 0 radical (unpaired) electrons. The standard InChI is InChI=1S/C22H24N6O3/c1-3-19(29)28-10-8-27(9-11-28)18-14-24-21-20(26-18)17(13-23-21)22(30)25-12-15-4-6-16(31-2)7-5-15/h3-7,13-14H,1,8-12H2,2H3,(H,23,24)(H,25,30). The first kappa shape index (κ1) is 20.4. The molecule has 3 heterocycles. The molecule has 31 heavy (non-hydrogen) atoms. The summed E-state index contributed by atoms with van der Waals surface area (Å²) in [4.78, 5) is 40.5. The van der Waals surface area contributed by atoms with E-state index in [1.54, 1.807) is 24.4 Å². The molecule has 1 aliphatic rings. The Labute approximate surface area is 179 Å². The Morgan fingerprint density at radius 3 is 2.65 bits per heavy atom. The molecule has 0 saturated carbocycles. The number of carbonyl (C=O) groups is 2. The van der Waals surface area contributed by atoms with Gasteiger partial charge in [-0.3, -0.25) is 9.59 Å². The number of piperazine rings is 1. The summed E-state index contributed by atoms with van der Waals surface area (Å²) >= 11 is 0. The van der Waals surface area contributed by atoms with Crippen LogP contribution in [0.4, 0.5) is 5.82 Å². The summed E-state index contributed by atoms with van der Waals surface area (Å²) in [7, 11) is 1.61. The molecule has 1 aliphatic heterocycles. The highest BCUT2D eigenvalue weighted by Gasteiger charge is 2.22. The monoisotopic (exact) mass is 420 g/mol. The third kappa shape index (κ3) is 4.35. The summed E-state index contributed by atoms with van der Waals surface area (Å²) in [6.45, 7) is 6.39. The lowest BCUT2D eigenvalue weighted by Gasteiger charge is -2.34. The quantitative estimate of drug-likeness (QED) is 0.589. The van der Waals surface area contributed by atoms with Gasteiger partial charge >= 0.3 is 0 Å². The van der Waals surface area contributed by atoms with Crippen molar-refractivity contribution in [3.05, 3.63) is 60.4 Å². The molecule has 1 aromatic carbocycles. The summed E-state index contributed by atoms with van der Waals surface area (Å²) in [5.41, 5.74) is 2.49. The smallest absolute Gasteiger partial charge is 0.255 e. The van der Waals surface area contributed by atoms with Crippen LogP contribution in [0, 0.1) is 0 Å². The van der Waals surface area contributed by atoms with E-state index in [0.29, 0.717) is 55.3 Å². The van der Waals surface area contributed by atoms with Crippen LogP contribution in [-0.4, -0.2) is 65.0 Å². The molecule has 2 aromatic heterocycles. The molecular formula is C22H24N6O3. The fourth-order valence-electron chi connectivity index (χ4n) is 3.51. The number of aromatic amines is 1. The van der Waals surface area contributed by atoms with Gasteiger partial charge in [-0.2, -0.15) is 0 Å². The van der Waals surface area contributed by atoms with Crippen LogP contribution >= 0.6 is 0 Å². The third-order valence-corrected chi connectivity index (χ3v) is 5.31. The minimum Gasteiger partial charge on any atom is -0.497 e. The second kappa shape index (κ2) is 8.86. The predicted molar refractivity (Wildman–Crippen MR) is 117 cm³/mol. The number of ether oxygens (including phenoxy) is 1. The van der Waals surface area contributed by atoms with Gasteiger partial charge in [-0.15, -0.1) is 0 Å². The number of hydrogen-bond acceptors (Lipinski definition) is 6. The zero-order chi connectivity index (χ0) is 21.8. The van der Waals surface area contributed by atoms with Gasteiger partial charge in [-0.25, -0.2) is 9.97 Å². The van der Waals surface area contributed by atoms with Crippen LogP contribution < -0.4 is 15.0 Å². The molecule has 1 fully saturated rings. The fraction of sp³-hybridized carbons (Fsp3) is 0.273. The lowest BCUT2D eigenvalue weighted by Crippen LogP contribution is -2.48. The van der Waals surface area contributed by atoms with Crippen LogP contribution in [0.2, 0.25) is 0 Å². The number of hydrogen-bond donors (Lipinski definition) is 2. The molecule has 4 rings (SSSR count). The molecule has 9 nitrogen and oxygen atoms in total. The maximum absolute atomic E-state index is 12.8. The summed E-state index contributed by atoms with van der Waals surface area (Å²) < 4.78 is 5.15. The number of carbonyl (C=O) groups excluding carboxylic acids is 2. The van der Waals surface area contributed by atoms with Crippen LogP contribution in [0.15, 0.2) is 49.3 Å². The fourth-order valence-corrected chi connectivity index (χ4v) is 3.51. The summed E-state index contributed by atoms with van der Waals surface area (Å²) in [5, 5.41) is 2.92. The Morgan fingerprint density at radius 1 is 1.23 bits per heavy atom. The summed E-state index contributed by atoms with van der Waals surface area (Å²) in [6, 6.07) is 7.52. The first-order valence-corrected chi connectivity index (χ1v) is 10.0. The van der Waals surface area contributed by atoms with E-state index in [2.05, 4.69) is 31.7 Å². The normalized spacial score (nSPS) is 13.8. The Bertz CT molecular complexity index is 1100. The molecule has 0 unspecified atom stereocenters. The molecule has 2 N–H and O–H groups in total. The molecule has 9 heteroatoms. The van der Waals surface area contributed by atoms with Crippen molar-refractivity contribution in [3.63, 3.8) is 0 Å². The van der Waals surface area contributed by atoms with Gasteiger partial charge in [0, 0.05) is 38.9 Å². The van der Waals surface area contributed by atoms with E-state index in [-0.39, 0.29) is 11.8 Å². The van der Waals surface area contributed by atoms with Crippen molar-refractivity contribution in [2.45, 2.75) is 6.54 Å². The zero-order valence-corrected chi connectivity index (χ0v) is 17.3. The highest BCUT2D eigenvalue weighted by molar-refractivity contribution is 6.04. The SMILES string of the molecule is C=CC(=O)N1CCN(c2cnc3[nH]cc(C(=O)NCc4ccc(OC)cc4)c3n2)CC1. The van der Waals surface area contributed by atoms with E-state index in [1.807, 2.05) is 24.3 Å². The van der Waals surface area contributed by atoms with Gasteiger partial charge in [0.1, 0.15) is 17.1 Å². The van der Waals surface area contributed by atoms with Crippen molar-refractivity contribution in [2.24, 2.45) is 0 Å². The number of anilines is 1. The number of rotatable bonds is 6. The molecule has 2 amide bonds. The first-order chi connectivity index (χ1) is 15.1. The lowest BCUT2D eigenvalue weighted by atomic mass is 10.2. The Kier molecular flexibility index (Phi) is 5.83. The lowest BCUT2D eigenvalue weighted by molar-refractivity contribution is -0.126. The van der Waals surface area contributed by atoms with Crippen LogP contribution in [0.25, 0.3) is 11.2 Å². The van der Waals surface area contributed by atoms with E-state index >= 15 is 0 Å². The van der Waals surface area contributed by atoms with Gasteiger partial charge in [0.05, 0.1) is 18.9 Å². The van der Waals surface area contributed by atoms with Crippen molar-refractivity contribution in [2.75, 3.05) is 38.2 Å². The summed E-state index contributed by atoms with van der Waals surface area (Å²) in [5.74, 6) is 1.16. The second-order valence-corrected chi connectivity index (χ2v) is 7.17. The molecular weight excluding hydrogens is 396 g/mol. The van der Waals surface area contributed by atoms with Crippen molar-refractivity contribution in [3.8, 4) is 5.75 Å². The molecule has 160 valence electrons. The van der Waals surface area contributed by atoms with Crippen LogP contribution in [0.5, 0.6) is 5.75 Å². The van der Waals surface area contributed by atoms with Gasteiger partial charge in [0.25, 0.3) is 5.91 Å². The Morgan fingerprint density at radius 2 is 1.97 bits per heavy atom. The molecule has 0 spiro atoms. The number of nitrogens with zero attached hydrogens (tertiary/aromatic N) is 4. The van der Waals surface area contributed by atoms with E-state index in [0.717, 1.165) is 11.3 Å². The number of H-pyrrole nitrogens is 1. The van der Waals surface area contributed by atoms with Crippen LogP contribution in [0.3, 0.4) is 0 Å². The Hall–Kier alpha value is -3.88. The maximum Gasteiger partial charge on any atom is 0.255 e. The number of amides is 2. The van der Waals surface area contributed by atoms with E-state index in [1.165, 1.54) is 6.08 Å². The minimum atomic E-state index is -0.227. The second-order valence-electron chi connectivity index (χ2n) is 7.17. The van der Waals surface area contributed by atoms with Crippen LogP contribution in [0.1, 0.15) is 15.9 Å². The number of fused-ring (bicyclic) bond motifs is 1. The number of benzene rings is 1. The largest absolute Gasteiger partial charge is 0.497 e. The van der Waals surface area contributed by atoms with Crippen molar-refractivity contribution in [1.29, 1.82) is 0 Å². The third-order valence-electron chi connectivity index (χ3n) is 5.31. The van der Waals surface area contributed by atoms with E-state index in [9.17, 15) is 9.59 Å². The maximum atomic E-state index is 12.8. The highest BCUT2D eigenvalue weighted by atomic mass is 16.5. The van der Waals surface area contributed by atoms with Gasteiger partial charge in [0.15, 0.2) is 5.65 Å². The first-order valence-electron chi connectivity index (χ1n) is 10.0. The van der Waals surface area contributed by atoms with Crippen LogP contribution in [-0.2, 0) is 11.3 Å². The molecule has 0 bridgehead atoms. The number of nitrogens with one attached hydrogen (secondary N) is 2. The Balaban J connectivity index is 1.46. The summed E-state index contributed by atoms with van der Waals surface area (Å²) in [6.07, 6.45) is 4.64. The molecule has 3 aromatic rings. The van der Waals surface area contributed by atoms with Gasteiger partial charge in [-0.1, -0.05) is 18.7 Å². The van der Waals surface area contributed by atoms with Crippen molar-refractivity contribution < 1.29 is 14.3 Å². The molecule has 1 saturated heterocycles. The topological polar surface area (TPSA) is 103 Å². The predicted octanol–water partition coefficient (Wildman–Crippen LogP) is 1.73. The highest BCUT2D eigenvalue weighted by Crippen LogP contribution is 2.20. The van der Waals surface area contributed by atoms with Crippen molar-refractivity contribution >= 4 is 28.8 Å². The van der Waals surface area contributed by atoms with E-state index < -0.39 is 0 Å². The number of aromatic nitrogens is 3. The molecule has 0 atom stereocenters. The van der Waals surface area contributed by atoms with E-state index in [4.69, 9.17) is 4.74 Å².